The first kappa shape index (κ1) is 15.7. The van der Waals surface area contributed by atoms with Crippen molar-refractivity contribution >= 4 is 15.9 Å². The van der Waals surface area contributed by atoms with Crippen LogP contribution in [0.1, 0.15) is 32.1 Å². The number of rotatable bonds is 5. The predicted octanol–water partition coefficient (Wildman–Crippen LogP) is 0.0314. The molecule has 1 saturated carbocycles. The lowest BCUT2D eigenvalue weighted by Gasteiger charge is -2.40. The van der Waals surface area contributed by atoms with Crippen molar-refractivity contribution in [2.75, 3.05) is 32.5 Å². The molecule has 1 saturated heterocycles. The van der Waals surface area contributed by atoms with E-state index in [1.54, 1.807) is 4.90 Å². The minimum atomic E-state index is -3.23. The van der Waals surface area contributed by atoms with Crippen molar-refractivity contribution < 1.29 is 18.3 Å². The third-order valence-corrected chi connectivity index (χ3v) is 5.61. The third-order valence-electron chi connectivity index (χ3n) is 4.34. The first-order valence-electron chi connectivity index (χ1n) is 7.30. The van der Waals surface area contributed by atoms with Gasteiger partial charge in [0.2, 0.25) is 15.9 Å². The van der Waals surface area contributed by atoms with Gasteiger partial charge in [0.25, 0.3) is 0 Å². The van der Waals surface area contributed by atoms with Gasteiger partial charge in [-0.25, -0.2) is 12.7 Å². The Labute approximate surface area is 120 Å². The van der Waals surface area contributed by atoms with Crippen LogP contribution < -0.4 is 0 Å². The number of piperidine rings is 1. The van der Waals surface area contributed by atoms with Crippen LogP contribution in [0.25, 0.3) is 0 Å². The molecule has 1 heterocycles. The van der Waals surface area contributed by atoms with Crippen LogP contribution in [0, 0.1) is 5.92 Å². The Kier molecular flexibility index (Phi) is 5.04. The van der Waals surface area contributed by atoms with Crippen LogP contribution in [0.5, 0.6) is 0 Å². The molecule has 2 rings (SSSR count). The number of nitrogens with zero attached hydrogens (tertiary/aromatic N) is 2. The molecule has 0 aromatic carbocycles. The van der Waals surface area contributed by atoms with Gasteiger partial charge in [-0.05, 0) is 32.1 Å². The zero-order valence-corrected chi connectivity index (χ0v) is 12.8. The number of hydrogen-bond acceptors (Lipinski definition) is 4. The second-order valence-corrected chi connectivity index (χ2v) is 7.78. The predicted molar refractivity (Wildman–Crippen MR) is 75.6 cm³/mol. The van der Waals surface area contributed by atoms with Crippen molar-refractivity contribution in [3.8, 4) is 0 Å². The van der Waals surface area contributed by atoms with E-state index in [-0.39, 0.29) is 31.0 Å². The van der Waals surface area contributed by atoms with Gasteiger partial charge in [-0.2, -0.15) is 0 Å². The van der Waals surface area contributed by atoms with Crippen molar-refractivity contribution in [3.63, 3.8) is 0 Å². The first-order valence-corrected chi connectivity index (χ1v) is 9.14. The van der Waals surface area contributed by atoms with E-state index in [4.69, 9.17) is 5.11 Å². The summed E-state index contributed by atoms with van der Waals surface area (Å²) >= 11 is 0. The third kappa shape index (κ3) is 3.51. The van der Waals surface area contributed by atoms with Gasteiger partial charge in [-0.15, -0.1) is 0 Å². The van der Waals surface area contributed by atoms with E-state index in [9.17, 15) is 13.2 Å². The zero-order valence-electron chi connectivity index (χ0n) is 12.0. The number of aliphatic hydroxyl groups excluding tert-OH is 1. The maximum atomic E-state index is 12.6. The van der Waals surface area contributed by atoms with Crippen LogP contribution in [-0.2, 0) is 14.8 Å². The molecule has 2 fully saturated rings. The van der Waals surface area contributed by atoms with Crippen LogP contribution in [0.3, 0.4) is 0 Å². The Morgan fingerprint density at radius 2 is 2.00 bits per heavy atom. The number of carbonyl (C=O) groups is 1. The standard InChI is InChI=1S/C13H24N2O4S/c1-20(18,19)14-7-3-4-11(10-14)13(17)15(8-9-16)12-5-2-6-12/h11-12,16H,2-10H2,1H3. The molecule has 6 nitrogen and oxygen atoms in total. The highest BCUT2D eigenvalue weighted by molar-refractivity contribution is 7.88. The van der Waals surface area contributed by atoms with Crippen LogP contribution in [-0.4, -0.2) is 67.2 Å². The maximum absolute atomic E-state index is 12.6. The van der Waals surface area contributed by atoms with E-state index in [2.05, 4.69) is 0 Å². The molecular weight excluding hydrogens is 280 g/mol. The Bertz CT molecular complexity index is 447. The van der Waals surface area contributed by atoms with E-state index in [0.717, 1.165) is 32.1 Å². The molecule has 1 aliphatic heterocycles. The second-order valence-electron chi connectivity index (χ2n) is 5.80. The average molecular weight is 304 g/mol. The number of hydrogen-bond donors (Lipinski definition) is 1. The quantitative estimate of drug-likeness (QED) is 0.777. The lowest BCUT2D eigenvalue weighted by Crippen LogP contribution is -2.51. The first-order chi connectivity index (χ1) is 9.43. The van der Waals surface area contributed by atoms with Gasteiger partial charge in [-0.1, -0.05) is 0 Å². The summed E-state index contributed by atoms with van der Waals surface area (Å²) in [5, 5.41) is 9.13. The van der Waals surface area contributed by atoms with Crippen molar-refractivity contribution in [1.29, 1.82) is 0 Å². The lowest BCUT2D eigenvalue weighted by atomic mass is 9.89. The number of sulfonamides is 1. The molecule has 7 heteroatoms. The van der Waals surface area contributed by atoms with Crippen LogP contribution in [0.4, 0.5) is 0 Å². The van der Waals surface area contributed by atoms with Gasteiger partial charge >= 0.3 is 0 Å². The summed E-state index contributed by atoms with van der Waals surface area (Å²) in [6, 6.07) is 0.239. The molecule has 1 aliphatic carbocycles. The fraction of sp³-hybridized carbons (Fsp3) is 0.923. The molecule has 20 heavy (non-hydrogen) atoms. The molecule has 1 N–H and O–H groups in total. The van der Waals surface area contributed by atoms with Gasteiger partial charge in [0.15, 0.2) is 0 Å². The van der Waals surface area contributed by atoms with Crippen LogP contribution in [0.15, 0.2) is 0 Å². The molecule has 2 aliphatic rings. The molecule has 1 amide bonds. The second kappa shape index (κ2) is 6.41. The smallest absolute Gasteiger partial charge is 0.227 e. The van der Waals surface area contributed by atoms with E-state index in [0.29, 0.717) is 13.1 Å². The molecule has 1 unspecified atom stereocenters. The Morgan fingerprint density at radius 3 is 2.50 bits per heavy atom. The highest BCUT2D eigenvalue weighted by atomic mass is 32.2. The van der Waals surface area contributed by atoms with Crippen molar-refractivity contribution in [1.82, 2.24) is 9.21 Å². The minimum absolute atomic E-state index is 0.0112. The average Bonchev–Trinajstić information content (AvgIpc) is 2.34. The molecule has 1 atom stereocenters. The Hall–Kier alpha value is -0.660. The molecule has 0 spiro atoms. The summed E-state index contributed by atoms with van der Waals surface area (Å²) in [5.41, 5.74) is 0. The van der Waals surface area contributed by atoms with E-state index >= 15 is 0 Å². The Balaban J connectivity index is 2.02. The SMILES string of the molecule is CS(=O)(=O)N1CCCC(C(=O)N(CCO)C2CCC2)C1. The van der Waals surface area contributed by atoms with Gasteiger partial charge in [0.05, 0.1) is 18.8 Å². The fourth-order valence-electron chi connectivity index (χ4n) is 2.96. The summed E-state index contributed by atoms with van der Waals surface area (Å²) in [7, 11) is -3.23. The van der Waals surface area contributed by atoms with Crippen LogP contribution >= 0.6 is 0 Å². The van der Waals surface area contributed by atoms with Gasteiger partial charge in [0, 0.05) is 25.7 Å². The van der Waals surface area contributed by atoms with E-state index in [1.165, 1.54) is 10.6 Å². The number of carbonyl (C=O) groups excluding carboxylic acids is 1. The molecular formula is C13H24N2O4S. The lowest BCUT2D eigenvalue weighted by molar-refractivity contribution is -0.141. The van der Waals surface area contributed by atoms with E-state index < -0.39 is 10.0 Å². The highest BCUT2D eigenvalue weighted by Gasteiger charge is 2.36. The molecule has 0 bridgehead atoms. The molecule has 0 aromatic rings. The van der Waals surface area contributed by atoms with Gasteiger partial charge in [0.1, 0.15) is 0 Å². The fourth-order valence-corrected chi connectivity index (χ4v) is 3.87. The summed E-state index contributed by atoms with van der Waals surface area (Å²) < 4.78 is 24.6. The normalized spacial score (nSPS) is 25.2. The highest BCUT2D eigenvalue weighted by Crippen LogP contribution is 2.28. The van der Waals surface area contributed by atoms with Crippen LogP contribution in [0.2, 0.25) is 0 Å². The maximum Gasteiger partial charge on any atom is 0.227 e. The largest absolute Gasteiger partial charge is 0.395 e. The minimum Gasteiger partial charge on any atom is -0.395 e. The summed E-state index contributed by atoms with van der Waals surface area (Å²) in [4.78, 5) is 14.4. The Morgan fingerprint density at radius 1 is 1.30 bits per heavy atom. The number of aliphatic hydroxyl groups is 1. The zero-order chi connectivity index (χ0) is 14.8. The van der Waals surface area contributed by atoms with E-state index in [1.807, 2.05) is 0 Å². The molecule has 116 valence electrons. The summed E-state index contributed by atoms with van der Waals surface area (Å²) in [6.45, 7) is 1.11. The van der Waals surface area contributed by atoms with Gasteiger partial charge in [-0.3, -0.25) is 4.79 Å². The molecule has 0 radical (unpaired) electrons. The summed E-state index contributed by atoms with van der Waals surface area (Å²) in [5.74, 6) is -0.247. The van der Waals surface area contributed by atoms with Gasteiger partial charge < -0.3 is 10.0 Å². The molecule has 0 aromatic heterocycles. The topological polar surface area (TPSA) is 77.9 Å². The van der Waals surface area contributed by atoms with Crippen molar-refractivity contribution in [2.24, 2.45) is 5.92 Å². The summed E-state index contributed by atoms with van der Waals surface area (Å²) in [6.07, 6.45) is 5.76. The van der Waals surface area contributed by atoms with Crippen molar-refractivity contribution in [3.05, 3.63) is 0 Å². The number of amides is 1. The monoisotopic (exact) mass is 304 g/mol. The van der Waals surface area contributed by atoms with Crippen molar-refractivity contribution in [2.45, 2.75) is 38.1 Å².